The molecule has 0 bridgehead atoms. The lowest BCUT2D eigenvalue weighted by Crippen LogP contribution is -2.31. The van der Waals surface area contributed by atoms with Gasteiger partial charge in [0.15, 0.2) is 0 Å². The van der Waals surface area contributed by atoms with Crippen molar-refractivity contribution >= 4 is 17.3 Å². The molecule has 7 N–H and O–H groups in total. The molecule has 0 aromatic heterocycles. The smallest absolute Gasteiger partial charge is 0.269 e. The van der Waals surface area contributed by atoms with Gasteiger partial charge in [0.2, 0.25) is 0 Å². The summed E-state index contributed by atoms with van der Waals surface area (Å²) in [5, 5.41) is 2.70. The van der Waals surface area contributed by atoms with E-state index in [0.29, 0.717) is 29.1 Å². The average Bonchev–Trinajstić information content (AvgIpc) is 2.65. The maximum Gasteiger partial charge on any atom is 0.269 e. The van der Waals surface area contributed by atoms with Crippen LogP contribution in [0.25, 0.3) is 16.8 Å². The van der Waals surface area contributed by atoms with Crippen molar-refractivity contribution in [1.29, 1.82) is 0 Å². The van der Waals surface area contributed by atoms with Crippen molar-refractivity contribution in [1.82, 2.24) is 5.32 Å². The standard InChI is InChI=1S/C19H24N4O2/c1-3-11-23-19(24)18(22)17(21)13-9-10-14(25-2)15(16(13)20)12-7-5-4-6-8-12/h4-10H,3,11,20-22H2,1-2H3,(H,23,24)/b18-17+. The van der Waals surface area contributed by atoms with Gasteiger partial charge in [0.25, 0.3) is 5.91 Å². The second-order valence-corrected chi connectivity index (χ2v) is 5.55. The van der Waals surface area contributed by atoms with Gasteiger partial charge < -0.3 is 27.3 Å². The van der Waals surface area contributed by atoms with Crippen molar-refractivity contribution in [3.63, 3.8) is 0 Å². The van der Waals surface area contributed by atoms with Gasteiger partial charge in [0, 0.05) is 17.7 Å². The Kier molecular flexibility index (Phi) is 5.89. The van der Waals surface area contributed by atoms with Crippen LogP contribution in [0.4, 0.5) is 5.69 Å². The van der Waals surface area contributed by atoms with Crippen molar-refractivity contribution in [3.8, 4) is 16.9 Å². The molecule has 0 saturated heterocycles. The van der Waals surface area contributed by atoms with Gasteiger partial charge in [0.1, 0.15) is 11.4 Å². The number of carbonyl (C=O) groups is 1. The second-order valence-electron chi connectivity index (χ2n) is 5.55. The SMILES string of the molecule is CCCNC(=O)/C(N)=C(\N)c1ccc(OC)c(-c2ccccc2)c1N. The maximum absolute atomic E-state index is 12.1. The Morgan fingerprint density at radius 1 is 1.12 bits per heavy atom. The maximum atomic E-state index is 12.1. The minimum atomic E-state index is -0.407. The van der Waals surface area contributed by atoms with E-state index in [4.69, 9.17) is 21.9 Å². The van der Waals surface area contributed by atoms with Crippen LogP contribution in [-0.4, -0.2) is 19.6 Å². The molecule has 0 saturated carbocycles. The highest BCUT2D eigenvalue weighted by molar-refractivity contribution is 6.02. The van der Waals surface area contributed by atoms with Gasteiger partial charge in [-0.05, 0) is 24.1 Å². The zero-order valence-electron chi connectivity index (χ0n) is 14.5. The molecule has 0 aliphatic rings. The van der Waals surface area contributed by atoms with Crippen LogP contribution in [0.2, 0.25) is 0 Å². The molecule has 6 nitrogen and oxygen atoms in total. The number of rotatable bonds is 6. The van der Waals surface area contributed by atoms with E-state index >= 15 is 0 Å². The van der Waals surface area contributed by atoms with Crippen molar-refractivity contribution < 1.29 is 9.53 Å². The van der Waals surface area contributed by atoms with Crippen LogP contribution >= 0.6 is 0 Å². The first-order chi connectivity index (χ1) is 12.0. The van der Waals surface area contributed by atoms with E-state index in [-0.39, 0.29) is 11.4 Å². The first kappa shape index (κ1) is 18.2. The monoisotopic (exact) mass is 340 g/mol. The van der Waals surface area contributed by atoms with E-state index in [1.165, 1.54) is 0 Å². The van der Waals surface area contributed by atoms with Crippen LogP contribution < -0.4 is 27.3 Å². The van der Waals surface area contributed by atoms with Crippen molar-refractivity contribution in [3.05, 3.63) is 53.7 Å². The summed E-state index contributed by atoms with van der Waals surface area (Å²) in [4.78, 5) is 12.1. The minimum absolute atomic E-state index is 0.0515. The van der Waals surface area contributed by atoms with Gasteiger partial charge in [-0.2, -0.15) is 0 Å². The van der Waals surface area contributed by atoms with Gasteiger partial charge in [-0.1, -0.05) is 37.3 Å². The van der Waals surface area contributed by atoms with Crippen LogP contribution in [0.15, 0.2) is 48.2 Å². The summed E-state index contributed by atoms with van der Waals surface area (Å²) in [6.45, 7) is 2.48. The number of methoxy groups -OCH3 is 1. The molecule has 2 rings (SSSR count). The molecular formula is C19H24N4O2. The first-order valence-electron chi connectivity index (χ1n) is 8.06. The summed E-state index contributed by atoms with van der Waals surface area (Å²) >= 11 is 0. The summed E-state index contributed by atoms with van der Waals surface area (Å²) in [6.07, 6.45) is 0.807. The number of ether oxygens (including phenoxy) is 1. The van der Waals surface area contributed by atoms with E-state index in [2.05, 4.69) is 5.32 Å². The lowest BCUT2D eigenvalue weighted by atomic mass is 9.97. The number of hydrogen-bond donors (Lipinski definition) is 4. The number of nitrogen functional groups attached to an aromatic ring is 1. The zero-order chi connectivity index (χ0) is 18.4. The Morgan fingerprint density at radius 3 is 2.40 bits per heavy atom. The lowest BCUT2D eigenvalue weighted by Gasteiger charge is -2.17. The summed E-state index contributed by atoms with van der Waals surface area (Å²) < 4.78 is 5.43. The molecule has 0 radical (unpaired) electrons. The van der Waals surface area contributed by atoms with Gasteiger partial charge in [-0.3, -0.25) is 4.79 Å². The Morgan fingerprint density at radius 2 is 1.80 bits per heavy atom. The molecular weight excluding hydrogens is 316 g/mol. The third kappa shape index (κ3) is 3.85. The fourth-order valence-electron chi connectivity index (χ4n) is 2.51. The van der Waals surface area contributed by atoms with Gasteiger partial charge in [0.05, 0.1) is 18.5 Å². The molecule has 2 aromatic rings. The van der Waals surface area contributed by atoms with E-state index < -0.39 is 5.91 Å². The molecule has 0 aliphatic carbocycles. The van der Waals surface area contributed by atoms with E-state index in [1.54, 1.807) is 19.2 Å². The lowest BCUT2D eigenvalue weighted by molar-refractivity contribution is -0.117. The van der Waals surface area contributed by atoms with E-state index in [1.807, 2.05) is 37.3 Å². The molecule has 0 fully saturated rings. The first-order valence-corrected chi connectivity index (χ1v) is 8.06. The highest BCUT2D eigenvalue weighted by Crippen LogP contribution is 2.38. The highest BCUT2D eigenvalue weighted by atomic mass is 16.5. The Labute approximate surface area is 147 Å². The fourth-order valence-corrected chi connectivity index (χ4v) is 2.51. The molecule has 0 aliphatic heterocycles. The zero-order valence-corrected chi connectivity index (χ0v) is 14.5. The molecule has 1 amide bonds. The third-order valence-corrected chi connectivity index (χ3v) is 3.85. The summed E-state index contributed by atoms with van der Waals surface area (Å²) in [5.74, 6) is 0.213. The Hall–Kier alpha value is -3.15. The quantitative estimate of drug-likeness (QED) is 0.474. The summed E-state index contributed by atoms with van der Waals surface area (Å²) in [7, 11) is 1.58. The number of nitrogens with one attached hydrogen (secondary N) is 1. The van der Waals surface area contributed by atoms with Crippen LogP contribution in [0, 0.1) is 0 Å². The fraction of sp³-hybridized carbons (Fsp3) is 0.211. The average molecular weight is 340 g/mol. The van der Waals surface area contributed by atoms with Crippen molar-refractivity contribution in [2.24, 2.45) is 11.5 Å². The van der Waals surface area contributed by atoms with Crippen molar-refractivity contribution in [2.45, 2.75) is 13.3 Å². The molecule has 25 heavy (non-hydrogen) atoms. The molecule has 132 valence electrons. The van der Waals surface area contributed by atoms with Gasteiger partial charge in [-0.15, -0.1) is 0 Å². The van der Waals surface area contributed by atoms with Gasteiger partial charge >= 0.3 is 0 Å². The molecule has 0 heterocycles. The van der Waals surface area contributed by atoms with Crippen molar-refractivity contribution in [2.75, 3.05) is 19.4 Å². The van der Waals surface area contributed by atoms with Crippen LogP contribution in [0.5, 0.6) is 5.75 Å². The Balaban J connectivity index is 2.55. The van der Waals surface area contributed by atoms with E-state index in [0.717, 1.165) is 12.0 Å². The molecule has 0 unspecified atom stereocenters. The number of benzene rings is 2. The highest BCUT2D eigenvalue weighted by Gasteiger charge is 2.18. The summed E-state index contributed by atoms with van der Waals surface area (Å²) in [6, 6.07) is 13.1. The van der Waals surface area contributed by atoms with Crippen LogP contribution in [-0.2, 0) is 4.79 Å². The number of anilines is 1. The minimum Gasteiger partial charge on any atom is -0.496 e. The molecule has 0 spiro atoms. The Bertz CT molecular complexity index is 786. The van der Waals surface area contributed by atoms with Crippen LogP contribution in [0.1, 0.15) is 18.9 Å². The normalized spacial score (nSPS) is 11.6. The number of carbonyl (C=O) groups excluding carboxylic acids is 1. The number of hydrogen-bond acceptors (Lipinski definition) is 5. The van der Waals surface area contributed by atoms with Crippen LogP contribution in [0.3, 0.4) is 0 Å². The molecule has 0 atom stereocenters. The number of nitrogens with two attached hydrogens (primary N) is 3. The number of amides is 1. The molecule has 2 aromatic carbocycles. The largest absolute Gasteiger partial charge is 0.496 e. The topological polar surface area (TPSA) is 116 Å². The predicted octanol–water partition coefficient (Wildman–Crippen LogP) is 2.06. The third-order valence-electron chi connectivity index (χ3n) is 3.85. The second kappa shape index (κ2) is 8.10. The predicted molar refractivity (Wildman–Crippen MR) is 101 cm³/mol. The van der Waals surface area contributed by atoms with Gasteiger partial charge in [-0.25, -0.2) is 0 Å². The molecule has 6 heteroatoms. The summed E-state index contributed by atoms with van der Waals surface area (Å²) in [5.41, 5.74) is 21.0. The van der Waals surface area contributed by atoms with E-state index in [9.17, 15) is 4.79 Å².